The predicted molar refractivity (Wildman–Crippen MR) is 72.3 cm³/mol. The topological polar surface area (TPSA) is 80.0 Å². The molecule has 5 heteroatoms. The molecule has 2 N–H and O–H groups in total. The van der Waals surface area contributed by atoms with E-state index < -0.39 is 0 Å². The van der Waals surface area contributed by atoms with Gasteiger partial charge >= 0.3 is 0 Å². The lowest BCUT2D eigenvalue weighted by molar-refractivity contribution is 0.922. The molecule has 2 aromatic heterocycles. The number of hydrogen-bond acceptors (Lipinski definition) is 4. The van der Waals surface area contributed by atoms with Crippen molar-refractivity contribution in [2.75, 3.05) is 5.73 Å². The number of benzene rings is 1. The molecule has 3 rings (SSSR count). The molecule has 0 aliphatic carbocycles. The minimum Gasteiger partial charge on any atom is -0.366 e. The van der Waals surface area contributed by atoms with Gasteiger partial charge in [0.15, 0.2) is 5.65 Å². The van der Waals surface area contributed by atoms with Crippen LogP contribution in [0, 0.1) is 18.3 Å². The summed E-state index contributed by atoms with van der Waals surface area (Å²) in [7, 11) is 0. The Hall–Kier alpha value is -2.87. The molecular weight excluding hydrogens is 238 g/mol. The highest BCUT2D eigenvalue weighted by Crippen LogP contribution is 2.24. The van der Waals surface area contributed by atoms with Gasteiger partial charge in [-0.05, 0) is 36.8 Å². The van der Waals surface area contributed by atoms with Crippen LogP contribution in [0.2, 0.25) is 0 Å². The summed E-state index contributed by atoms with van der Waals surface area (Å²) in [6.07, 6.45) is 0. The number of nitrogens with zero attached hydrogens (tertiary/aromatic N) is 4. The van der Waals surface area contributed by atoms with Crippen LogP contribution in [-0.2, 0) is 0 Å². The first kappa shape index (κ1) is 11.2. The summed E-state index contributed by atoms with van der Waals surface area (Å²) in [6, 6.07) is 13.5. The standard InChI is InChI=1S/C14H11N5/c1-9-12(11-4-2-3-10(7-11)8-15)5-6-13-17-14(16)18-19(9)13/h2-7H,1H3,(H2,16,18). The second kappa shape index (κ2) is 4.10. The largest absolute Gasteiger partial charge is 0.366 e. The van der Waals surface area contributed by atoms with Crippen molar-refractivity contribution >= 4 is 11.6 Å². The first-order chi connectivity index (χ1) is 9.19. The van der Waals surface area contributed by atoms with Crippen molar-refractivity contribution in [1.29, 1.82) is 5.26 Å². The van der Waals surface area contributed by atoms with E-state index in [0.717, 1.165) is 22.5 Å². The Balaban J connectivity index is 2.25. The van der Waals surface area contributed by atoms with E-state index in [1.807, 2.05) is 37.3 Å². The summed E-state index contributed by atoms with van der Waals surface area (Å²) in [5.41, 5.74) is 9.89. The molecule has 0 radical (unpaired) electrons. The van der Waals surface area contributed by atoms with Gasteiger partial charge < -0.3 is 5.73 Å². The lowest BCUT2D eigenvalue weighted by Gasteiger charge is -2.07. The van der Waals surface area contributed by atoms with Gasteiger partial charge in [-0.2, -0.15) is 10.2 Å². The van der Waals surface area contributed by atoms with Crippen LogP contribution >= 0.6 is 0 Å². The Labute approximate surface area is 109 Å². The van der Waals surface area contributed by atoms with Gasteiger partial charge in [0.25, 0.3) is 0 Å². The van der Waals surface area contributed by atoms with Gasteiger partial charge in [-0.1, -0.05) is 12.1 Å². The van der Waals surface area contributed by atoms with E-state index in [9.17, 15) is 0 Å². The summed E-state index contributed by atoms with van der Waals surface area (Å²) >= 11 is 0. The summed E-state index contributed by atoms with van der Waals surface area (Å²) < 4.78 is 1.71. The Morgan fingerprint density at radius 3 is 2.89 bits per heavy atom. The van der Waals surface area contributed by atoms with Gasteiger partial charge in [0.05, 0.1) is 11.6 Å². The van der Waals surface area contributed by atoms with Crippen LogP contribution in [0.1, 0.15) is 11.3 Å². The number of nitrogens with two attached hydrogens (primary N) is 1. The molecule has 2 heterocycles. The first-order valence-electron chi connectivity index (χ1n) is 5.81. The van der Waals surface area contributed by atoms with E-state index in [1.54, 1.807) is 10.6 Å². The Morgan fingerprint density at radius 1 is 1.26 bits per heavy atom. The zero-order chi connectivity index (χ0) is 13.4. The van der Waals surface area contributed by atoms with Crippen molar-refractivity contribution in [3.05, 3.63) is 47.7 Å². The highest BCUT2D eigenvalue weighted by atomic mass is 15.3. The zero-order valence-corrected chi connectivity index (χ0v) is 10.3. The molecule has 19 heavy (non-hydrogen) atoms. The number of nitrogen functional groups attached to an aromatic ring is 1. The maximum atomic E-state index is 8.96. The highest BCUT2D eigenvalue weighted by molar-refractivity contribution is 5.69. The van der Waals surface area contributed by atoms with Crippen LogP contribution in [0.3, 0.4) is 0 Å². The Kier molecular flexibility index (Phi) is 2.43. The fraction of sp³-hybridized carbons (Fsp3) is 0.0714. The molecule has 0 saturated carbocycles. The van der Waals surface area contributed by atoms with E-state index in [0.29, 0.717) is 5.56 Å². The van der Waals surface area contributed by atoms with E-state index in [1.165, 1.54) is 0 Å². The molecule has 0 amide bonds. The highest BCUT2D eigenvalue weighted by Gasteiger charge is 2.09. The van der Waals surface area contributed by atoms with Crippen LogP contribution < -0.4 is 5.73 Å². The molecule has 0 spiro atoms. The average molecular weight is 249 g/mol. The lowest BCUT2D eigenvalue weighted by atomic mass is 10.0. The molecule has 0 atom stereocenters. The molecule has 3 aromatic rings. The predicted octanol–water partition coefficient (Wildman–Crippen LogP) is 2.16. The van der Waals surface area contributed by atoms with Gasteiger partial charge in [0, 0.05) is 11.3 Å². The molecule has 5 nitrogen and oxygen atoms in total. The van der Waals surface area contributed by atoms with E-state index in [2.05, 4.69) is 16.2 Å². The summed E-state index contributed by atoms with van der Waals surface area (Å²) in [5.74, 6) is 0.256. The van der Waals surface area contributed by atoms with Crippen molar-refractivity contribution < 1.29 is 0 Å². The number of pyridine rings is 1. The molecule has 92 valence electrons. The van der Waals surface area contributed by atoms with Gasteiger partial charge in [0.1, 0.15) is 0 Å². The van der Waals surface area contributed by atoms with Gasteiger partial charge in [-0.15, -0.1) is 5.10 Å². The monoisotopic (exact) mass is 249 g/mol. The number of hydrogen-bond donors (Lipinski definition) is 1. The van der Waals surface area contributed by atoms with Crippen LogP contribution in [0.15, 0.2) is 36.4 Å². The fourth-order valence-corrected chi connectivity index (χ4v) is 2.15. The summed E-state index contributed by atoms with van der Waals surface area (Å²) in [6.45, 7) is 1.95. The number of fused-ring (bicyclic) bond motifs is 1. The zero-order valence-electron chi connectivity index (χ0n) is 10.3. The number of anilines is 1. The smallest absolute Gasteiger partial charge is 0.240 e. The molecule has 0 fully saturated rings. The van der Waals surface area contributed by atoms with Crippen LogP contribution in [0.25, 0.3) is 16.8 Å². The van der Waals surface area contributed by atoms with E-state index in [4.69, 9.17) is 11.0 Å². The maximum Gasteiger partial charge on any atom is 0.240 e. The van der Waals surface area contributed by atoms with Crippen molar-refractivity contribution in [1.82, 2.24) is 14.6 Å². The van der Waals surface area contributed by atoms with Crippen LogP contribution in [0.4, 0.5) is 5.95 Å². The van der Waals surface area contributed by atoms with Gasteiger partial charge in [0.2, 0.25) is 5.95 Å². The molecule has 0 aliphatic rings. The number of rotatable bonds is 1. The SMILES string of the molecule is Cc1c(-c2cccc(C#N)c2)ccc2nc(N)nn12. The third-order valence-electron chi connectivity index (χ3n) is 3.06. The van der Waals surface area contributed by atoms with Crippen molar-refractivity contribution in [3.8, 4) is 17.2 Å². The third-order valence-corrected chi connectivity index (χ3v) is 3.06. The van der Waals surface area contributed by atoms with Crippen molar-refractivity contribution in [2.45, 2.75) is 6.92 Å². The number of aryl methyl sites for hydroxylation is 1. The van der Waals surface area contributed by atoms with Crippen LogP contribution in [-0.4, -0.2) is 14.6 Å². The quantitative estimate of drug-likeness (QED) is 0.716. The molecule has 0 aliphatic heterocycles. The second-order valence-electron chi connectivity index (χ2n) is 4.27. The Bertz CT molecular complexity index is 810. The summed E-state index contributed by atoms with van der Waals surface area (Å²) in [4.78, 5) is 4.12. The van der Waals surface area contributed by atoms with E-state index >= 15 is 0 Å². The molecule has 0 saturated heterocycles. The minimum absolute atomic E-state index is 0.256. The van der Waals surface area contributed by atoms with Gasteiger partial charge in [-0.3, -0.25) is 0 Å². The minimum atomic E-state index is 0.256. The molecule has 0 bridgehead atoms. The second-order valence-corrected chi connectivity index (χ2v) is 4.27. The number of aromatic nitrogens is 3. The average Bonchev–Trinajstić information content (AvgIpc) is 2.81. The molecule has 0 unspecified atom stereocenters. The normalized spacial score (nSPS) is 10.5. The van der Waals surface area contributed by atoms with Crippen molar-refractivity contribution in [2.24, 2.45) is 0 Å². The van der Waals surface area contributed by atoms with Gasteiger partial charge in [-0.25, -0.2) is 4.52 Å². The summed E-state index contributed by atoms with van der Waals surface area (Å²) in [5, 5.41) is 13.1. The maximum absolute atomic E-state index is 8.96. The first-order valence-corrected chi connectivity index (χ1v) is 5.81. The third kappa shape index (κ3) is 1.79. The molecule has 1 aromatic carbocycles. The van der Waals surface area contributed by atoms with Crippen molar-refractivity contribution in [3.63, 3.8) is 0 Å². The lowest BCUT2D eigenvalue weighted by Crippen LogP contribution is -1.97. The van der Waals surface area contributed by atoms with Crippen LogP contribution in [0.5, 0.6) is 0 Å². The van der Waals surface area contributed by atoms with E-state index in [-0.39, 0.29) is 5.95 Å². The molecular formula is C14H11N5. The fourth-order valence-electron chi connectivity index (χ4n) is 2.15. The Morgan fingerprint density at radius 2 is 2.11 bits per heavy atom. The number of nitriles is 1.